The summed E-state index contributed by atoms with van der Waals surface area (Å²) >= 11 is 1.38. The molecule has 0 rings (SSSR count). The molecular weight excluding hydrogens is 169 g/mol. The first-order valence-corrected chi connectivity index (χ1v) is 6.36. The van der Waals surface area contributed by atoms with E-state index in [1.807, 2.05) is 0 Å². The molecule has 0 bridgehead atoms. The van der Waals surface area contributed by atoms with Crippen LogP contribution in [0, 0.1) is 0 Å². The Labute approximate surface area is 52.6 Å². The van der Waals surface area contributed by atoms with Gasteiger partial charge in [0.15, 0.2) is 0 Å². The third-order valence-electron chi connectivity index (χ3n) is 0. The molecule has 4 N–H and O–H groups in total. The van der Waals surface area contributed by atoms with Crippen molar-refractivity contribution >= 4 is 9.05 Å². The Morgan fingerprint density at radius 1 is 1.00 bits per heavy atom. The van der Waals surface area contributed by atoms with Gasteiger partial charge in [-0.3, -0.25) is 0 Å². The van der Waals surface area contributed by atoms with Crippen LogP contribution in [0.1, 0.15) is 0 Å². The zero-order valence-electron chi connectivity index (χ0n) is 4.00. The summed E-state index contributed by atoms with van der Waals surface area (Å²) in [6.07, 6.45) is 0. The third-order valence-corrected chi connectivity index (χ3v) is 0. The summed E-state index contributed by atoms with van der Waals surface area (Å²) in [7, 11) is -4.61. The quantitative estimate of drug-likeness (QED) is 0.321. The van der Waals surface area contributed by atoms with Gasteiger partial charge in [-0.2, -0.15) is 0 Å². The number of hydrogen-bond donors (Lipinski definition) is 4. The van der Waals surface area contributed by atoms with Gasteiger partial charge in [-0.15, -0.1) is 0 Å². The van der Waals surface area contributed by atoms with Crippen molar-refractivity contribution in [2.75, 3.05) is 0 Å². The molecule has 0 spiro atoms. The Kier molecular flexibility index (Phi) is 7.33. The normalized spacial score (nSPS) is 9.57. The molecule has 6 heteroatoms. The first kappa shape index (κ1) is 10.6. The fraction of sp³-hybridized carbons (Fsp3) is 1.00. The molecule has 7 heavy (non-hydrogen) atoms. The van der Waals surface area contributed by atoms with Gasteiger partial charge in [0.2, 0.25) is 0 Å². The van der Waals surface area contributed by atoms with Crippen LogP contribution in [0.25, 0.3) is 0 Å². The second kappa shape index (κ2) is 4.83. The van der Waals surface area contributed by atoms with Crippen LogP contribution in [0.15, 0.2) is 0 Å². The van der Waals surface area contributed by atoms with Crippen LogP contribution in [0.5, 0.6) is 0 Å². The summed E-state index contributed by atoms with van der Waals surface area (Å²) in [6, 6.07) is 0. The van der Waals surface area contributed by atoms with Crippen LogP contribution in [0.3, 0.4) is 0 Å². The first-order valence-electron chi connectivity index (χ1n) is 1.60. The van der Waals surface area contributed by atoms with Gasteiger partial charge in [-0.05, 0) is 0 Å². The molecule has 0 saturated carbocycles. The van der Waals surface area contributed by atoms with Crippen molar-refractivity contribution in [3.05, 3.63) is 0 Å². The predicted molar refractivity (Wildman–Crippen MR) is 20.5 cm³/mol. The Balaban J connectivity index is 0. The van der Waals surface area contributed by atoms with E-state index in [1.54, 1.807) is 0 Å². The minimum atomic E-state index is -4.61. The molecule has 0 fully saturated rings. The zero-order valence-corrected chi connectivity index (χ0v) is 7.96. The average molecular weight is 177 g/mol. The van der Waals surface area contributed by atoms with Crippen molar-refractivity contribution in [1.29, 1.82) is 0 Å². The molecule has 0 unspecified atom stereocenters. The van der Waals surface area contributed by atoms with Crippen molar-refractivity contribution in [2.45, 2.75) is 5.52 Å². The predicted octanol–water partition coefficient (Wildman–Crippen LogP) is -2.03. The van der Waals surface area contributed by atoms with Crippen molar-refractivity contribution in [2.24, 2.45) is 0 Å². The van der Waals surface area contributed by atoms with E-state index in [4.69, 9.17) is 19.2 Å². The summed E-state index contributed by atoms with van der Waals surface area (Å²) in [4.78, 5) is 29.3. The topological polar surface area (TPSA) is 80.9 Å². The van der Waals surface area contributed by atoms with Gasteiger partial charge in [0, 0.05) is 0 Å². The van der Waals surface area contributed by atoms with Crippen molar-refractivity contribution in [1.82, 2.24) is 0 Å². The molecule has 0 aliphatic carbocycles. The third kappa shape index (κ3) is 316. The molecule has 0 aliphatic heterocycles. The molecule has 0 aromatic heterocycles. The number of rotatable bonds is 0. The number of hydrogen-bond acceptors (Lipinski definition) is 4. The maximum atomic E-state index is 7.33. The van der Waals surface area contributed by atoms with Gasteiger partial charge in [0.1, 0.15) is 0 Å². The second-order valence-electron chi connectivity index (χ2n) is 0.600. The molecule has 0 amide bonds. The first-order chi connectivity index (χ1) is 3.00. The summed E-state index contributed by atoms with van der Waals surface area (Å²) in [6.45, 7) is 0. The van der Waals surface area contributed by atoms with E-state index in [0.29, 0.717) is 0 Å². The van der Waals surface area contributed by atoms with Gasteiger partial charge in [-0.25, -0.2) is 0 Å². The monoisotopic (exact) mass is 175 g/mol. The fourth-order valence-electron chi connectivity index (χ4n) is 0. The minimum absolute atomic E-state index is 1.38. The second-order valence-corrected chi connectivity index (χ2v) is 1.80. The SMILES string of the molecule is O[Si](O)(O)O.[CH3][Zn]. The standard InChI is InChI=1S/CH3.H4O4Si.Zn/c;1-5(2,3)4;/h1H3;1-4H;. The van der Waals surface area contributed by atoms with E-state index < -0.39 is 9.05 Å². The van der Waals surface area contributed by atoms with Gasteiger partial charge >= 0.3 is 32.9 Å². The molecule has 0 saturated heterocycles. The molecule has 0 aromatic rings. The molecule has 0 aromatic carbocycles. The molecule has 41 valence electrons. The van der Waals surface area contributed by atoms with Gasteiger partial charge < -0.3 is 19.2 Å². The van der Waals surface area contributed by atoms with Crippen molar-refractivity contribution in [3.63, 3.8) is 0 Å². The molecular formula is CH7O4SiZn. The van der Waals surface area contributed by atoms with E-state index in [9.17, 15) is 0 Å². The summed E-state index contributed by atoms with van der Waals surface area (Å²) < 4.78 is 0. The van der Waals surface area contributed by atoms with Crippen LogP contribution >= 0.6 is 0 Å². The summed E-state index contributed by atoms with van der Waals surface area (Å²) in [5.74, 6) is 0. The van der Waals surface area contributed by atoms with Gasteiger partial charge in [0.05, 0.1) is 0 Å². The zero-order chi connectivity index (χ0) is 6.50. The van der Waals surface area contributed by atoms with Gasteiger partial charge in [-0.1, -0.05) is 0 Å². The van der Waals surface area contributed by atoms with Gasteiger partial charge in [0.25, 0.3) is 0 Å². The van der Waals surface area contributed by atoms with E-state index in [1.165, 1.54) is 18.3 Å². The molecule has 4 nitrogen and oxygen atoms in total. The summed E-state index contributed by atoms with van der Waals surface area (Å²) in [5.41, 5.74) is 2.12. The average Bonchev–Trinajstić information content (AvgIpc) is 1.36. The van der Waals surface area contributed by atoms with E-state index in [-0.39, 0.29) is 0 Å². The molecule has 0 aliphatic rings. The van der Waals surface area contributed by atoms with Crippen LogP contribution in [0.2, 0.25) is 5.52 Å². The fourth-order valence-corrected chi connectivity index (χ4v) is 0. The van der Waals surface area contributed by atoms with Crippen LogP contribution < -0.4 is 0 Å². The van der Waals surface area contributed by atoms with Crippen LogP contribution in [-0.4, -0.2) is 28.2 Å². The van der Waals surface area contributed by atoms with E-state index >= 15 is 0 Å². The van der Waals surface area contributed by atoms with Crippen molar-refractivity contribution in [3.8, 4) is 0 Å². The Bertz CT molecular complexity index is 27.2. The Hall–Kier alpha value is 0.680. The van der Waals surface area contributed by atoms with Crippen molar-refractivity contribution < 1.29 is 37.5 Å². The maximum absolute atomic E-state index is 7.33. The molecule has 0 atom stereocenters. The molecule has 0 radical (unpaired) electrons. The molecule has 0 heterocycles. The Morgan fingerprint density at radius 2 is 1.00 bits per heavy atom. The van der Waals surface area contributed by atoms with E-state index in [0.717, 1.165) is 0 Å². The van der Waals surface area contributed by atoms with Crippen LogP contribution in [0.4, 0.5) is 0 Å². The summed E-state index contributed by atoms with van der Waals surface area (Å²) in [5, 5.41) is 0. The van der Waals surface area contributed by atoms with Crippen LogP contribution in [-0.2, 0) is 18.3 Å². The van der Waals surface area contributed by atoms with E-state index in [2.05, 4.69) is 5.52 Å². The Morgan fingerprint density at radius 3 is 1.00 bits per heavy atom.